The zero-order valence-electron chi connectivity index (χ0n) is 33.4. The van der Waals surface area contributed by atoms with Gasteiger partial charge in [0.2, 0.25) is 0 Å². The van der Waals surface area contributed by atoms with Crippen LogP contribution < -0.4 is 0 Å². The number of unbranched alkanes of at least 4 members (excludes halogenated alkanes) is 2. The average Bonchev–Trinajstić information content (AvgIpc) is 3.77. The molecule has 0 amide bonds. The summed E-state index contributed by atoms with van der Waals surface area (Å²) in [5.74, 6) is 0. The SMILES string of the molecule is CCCCc1ccc2[cH-]c(C(C)(C)C)cc2c1-c1ccccc1.CCCCc1ccc2[cH-]c(C(C)(C)C)cc2c1-c1ccccc1.C[Si]C.[Cl][Zr+2][Cl]. The van der Waals surface area contributed by atoms with E-state index in [9.17, 15) is 0 Å². The molecule has 4 heteroatoms. The molecule has 0 N–H and O–H groups in total. The fourth-order valence-corrected chi connectivity index (χ4v) is 6.56. The van der Waals surface area contributed by atoms with Crippen molar-refractivity contribution in [1.82, 2.24) is 0 Å². The predicted molar refractivity (Wildman–Crippen MR) is 234 cm³/mol. The molecule has 0 unspecified atom stereocenters. The van der Waals surface area contributed by atoms with Crippen molar-refractivity contribution in [3.63, 3.8) is 0 Å². The van der Waals surface area contributed by atoms with Gasteiger partial charge in [0, 0.05) is 9.52 Å². The molecule has 0 spiro atoms. The van der Waals surface area contributed by atoms with Crippen molar-refractivity contribution in [2.45, 2.75) is 118 Å². The summed E-state index contributed by atoms with van der Waals surface area (Å²) in [6.45, 7) is 22.6. The standard InChI is InChI=1S/2C23H27.C2H6Si.2ClH.Zr/c2*1-5-6-10-18-13-14-19-15-20(23(2,3)4)16-21(19)22(18)17-11-8-7-9-12-17;1-3-2;;;/h2*7-9,11-16H,5-6,10H2,1-4H3;1-2H3;2*1H;/q2*-1;;;;+4/p-2. The van der Waals surface area contributed by atoms with Gasteiger partial charge in [-0.3, -0.25) is 0 Å². The van der Waals surface area contributed by atoms with Gasteiger partial charge in [-0.25, -0.2) is 0 Å². The van der Waals surface area contributed by atoms with Gasteiger partial charge in [0.15, 0.2) is 0 Å². The van der Waals surface area contributed by atoms with Crippen LogP contribution in [0.1, 0.15) is 103 Å². The fraction of sp³-hybridized carbons (Fsp3) is 0.375. The monoisotopic (exact) mass is 824 g/mol. The predicted octanol–water partition coefficient (Wildman–Crippen LogP) is 15.9. The van der Waals surface area contributed by atoms with E-state index in [1.165, 1.54) is 91.7 Å². The quantitative estimate of drug-likeness (QED) is 0.106. The van der Waals surface area contributed by atoms with Crippen LogP contribution in [0.4, 0.5) is 0 Å². The van der Waals surface area contributed by atoms with Gasteiger partial charge in [0.25, 0.3) is 0 Å². The Balaban J connectivity index is 0.000000244. The molecule has 0 aliphatic carbocycles. The molecule has 0 aliphatic rings. The molecule has 0 saturated carbocycles. The first-order valence-electron chi connectivity index (χ1n) is 19.0. The van der Waals surface area contributed by atoms with Crippen molar-refractivity contribution < 1.29 is 20.8 Å². The van der Waals surface area contributed by atoms with Crippen LogP contribution in [0.15, 0.2) is 109 Å². The summed E-state index contributed by atoms with van der Waals surface area (Å²) in [4.78, 5) is 0. The molecular formula is C48H60Cl2SiZr. The minimum atomic E-state index is -0.826. The van der Waals surface area contributed by atoms with Crippen molar-refractivity contribution in [2.24, 2.45) is 0 Å². The third-order valence-corrected chi connectivity index (χ3v) is 9.41. The molecule has 0 aliphatic heterocycles. The summed E-state index contributed by atoms with van der Waals surface area (Å²) in [6, 6.07) is 40.6. The molecule has 274 valence electrons. The van der Waals surface area contributed by atoms with Crippen molar-refractivity contribution in [1.29, 1.82) is 0 Å². The Morgan fingerprint density at radius 3 is 1.17 bits per heavy atom. The molecule has 6 aromatic carbocycles. The summed E-state index contributed by atoms with van der Waals surface area (Å²) in [7, 11) is 11.0. The molecule has 2 radical (unpaired) electrons. The third kappa shape index (κ3) is 12.4. The first-order valence-corrected chi connectivity index (χ1v) is 27.3. The van der Waals surface area contributed by atoms with Crippen LogP contribution in [0.3, 0.4) is 0 Å². The molecule has 6 aromatic rings. The second-order valence-electron chi connectivity index (χ2n) is 15.7. The summed E-state index contributed by atoms with van der Waals surface area (Å²) >= 11 is -0.826. The van der Waals surface area contributed by atoms with Gasteiger partial charge in [0.05, 0.1) is 0 Å². The zero-order chi connectivity index (χ0) is 38.3. The first kappa shape index (κ1) is 44.2. The molecule has 52 heavy (non-hydrogen) atoms. The third-order valence-electron chi connectivity index (χ3n) is 9.41. The van der Waals surface area contributed by atoms with Crippen LogP contribution in [0.2, 0.25) is 13.1 Å². The van der Waals surface area contributed by atoms with Crippen molar-refractivity contribution in [3.8, 4) is 22.3 Å². The molecule has 0 fully saturated rings. The van der Waals surface area contributed by atoms with Crippen LogP contribution in [-0.4, -0.2) is 9.52 Å². The van der Waals surface area contributed by atoms with Crippen LogP contribution in [-0.2, 0) is 44.5 Å². The number of hydrogen-bond donors (Lipinski definition) is 0. The summed E-state index contributed by atoms with van der Waals surface area (Å²) in [5.41, 5.74) is 11.8. The van der Waals surface area contributed by atoms with E-state index in [2.05, 4.69) is 178 Å². The minimum absolute atomic E-state index is 0.191. The van der Waals surface area contributed by atoms with Gasteiger partial charge in [-0.15, -0.1) is 69.1 Å². The van der Waals surface area contributed by atoms with Crippen LogP contribution in [0.5, 0.6) is 0 Å². The van der Waals surface area contributed by atoms with Gasteiger partial charge in [0.1, 0.15) is 0 Å². The summed E-state index contributed by atoms with van der Waals surface area (Å²) in [6.07, 6.45) is 7.29. The molecule has 0 saturated heterocycles. The first-order chi connectivity index (χ1) is 24.8. The fourth-order valence-electron chi connectivity index (χ4n) is 6.56. The van der Waals surface area contributed by atoms with E-state index in [1.807, 2.05) is 0 Å². The molecule has 0 bridgehead atoms. The van der Waals surface area contributed by atoms with E-state index in [4.69, 9.17) is 17.0 Å². The Morgan fingerprint density at radius 2 is 0.885 bits per heavy atom. The van der Waals surface area contributed by atoms with Crippen molar-refractivity contribution >= 4 is 48.1 Å². The molecular weight excluding hydrogens is 767 g/mol. The summed E-state index contributed by atoms with van der Waals surface area (Å²) < 4.78 is 0. The molecule has 0 nitrogen and oxygen atoms in total. The number of fused-ring (bicyclic) bond motifs is 2. The Bertz CT molecular complexity index is 1760. The van der Waals surface area contributed by atoms with E-state index in [1.54, 1.807) is 0 Å². The van der Waals surface area contributed by atoms with Crippen LogP contribution >= 0.6 is 17.0 Å². The van der Waals surface area contributed by atoms with Crippen molar-refractivity contribution in [2.75, 3.05) is 0 Å². The van der Waals surface area contributed by atoms with Crippen LogP contribution in [0, 0.1) is 0 Å². The summed E-state index contributed by atoms with van der Waals surface area (Å²) in [5, 5.41) is 5.56. The molecule has 0 aromatic heterocycles. The van der Waals surface area contributed by atoms with Crippen molar-refractivity contribution in [3.05, 3.63) is 131 Å². The van der Waals surface area contributed by atoms with E-state index >= 15 is 0 Å². The topological polar surface area (TPSA) is 0 Å². The number of halogens is 2. The number of hydrogen-bond acceptors (Lipinski definition) is 0. The van der Waals surface area contributed by atoms with Crippen LogP contribution in [0.25, 0.3) is 43.8 Å². The molecule has 0 atom stereocenters. The molecule has 0 heterocycles. The average molecular weight is 827 g/mol. The zero-order valence-corrected chi connectivity index (χ0v) is 38.4. The Morgan fingerprint density at radius 1 is 0.558 bits per heavy atom. The number of rotatable bonds is 8. The Labute approximate surface area is 338 Å². The number of aryl methyl sites for hydroxylation is 2. The van der Waals surface area contributed by atoms with E-state index in [0.717, 1.165) is 22.4 Å². The maximum atomic E-state index is 4.93. The Hall–Kier alpha value is -2.22. The second kappa shape index (κ2) is 21.6. The van der Waals surface area contributed by atoms with Gasteiger partial charge < -0.3 is 0 Å². The van der Waals surface area contributed by atoms with E-state index in [0.29, 0.717) is 0 Å². The van der Waals surface area contributed by atoms with E-state index < -0.39 is 20.8 Å². The van der Waals surface area contributed by atoms with Gasteiger partial charge in [-0.1, -0.05) is 164 Å². The van der Waals surface area contributed by atoms with Gasteiger partial charge >= 0.3 is 37.9 Å². The normalized spacial score (nSPS) is 11.2. The Kier molecular flexibility index (Phi) is 18.4. The maximum absolute atomic E-state index is 4.93. The van der Waals surface area contributed by atoms with Gasteiger partial charge in [-0.2, -0.15) is 12.1 Å². The van der Waals surface area contributed by atoms with E-state index in [-0.39, 0.29) is 10.8 Å². The second-order valence-corrected chi connectivity index (χ2v) is 20.4. The molecule has 6 rings (SSSR count). The number of benzene rings is 4. The van der Waals surface area contributed by atoms with Gasteiger partial charge in [-0.05, 0) is 47.6 Å².